The van der Waals surface area contributed by atoms with Crippen molar-refractivity contribution in [2.45, 2.75) is 11.3 Å². The topological polar surface area (TPSA) is 81.2 Å². The van der Waals surface area contributed by atoms with Gasteiger partial charge in [0.15, 0.2) is 4.34 Å². The number of benzene rings is 1. The van der Waals surface area contributed by atoms with Crippen molar-refractivity contribution in [2.24, 2.45) is 0 Å². The van der Waals surface area contributed by atoms with E-state index in [2.05, 4.69) is 15.5 Å². The second-order valence-electron chi connectivity index (χ2n) is 4.08. The molecule has 23 heavy (non-hydrogen) atoms. The lowest BCUT2D eigenvalue weighted by molar-refractivity contribution is -0.139. The molecule has 0 fully saturated rings. The summed E-state index contributed by atoms with van der Waals surface area (Å²) in [5.74, 6) is -2.71. The molecule has 0 unspecified atom stereocenters. The highest BCUT2D eigenvalue weighted by molar-refractivity contribution is 8.01. The van der Waals surface area contributed by atoms with E-state index in [0.29, 0.717) is 17.0 Å². The van der Waals surface area contributed by atoms with Crippen molar-refractivity contribution in [3.8, 4) is 0 Å². The third-order valence-electron chi connectivity index (χ3n) is 2.37. The molecular formula is C13H11F2N3O3S2. The number of hydrogen-bond acceptors (Lipinski definition) is 7. The van der Waals surface area contributed by atoms with Crippen molar-refractivity contribution >= 4 is 40.1 Å². The highest BCUT2D eigenvalue weighted by Gasteiger charge is 2.13. The number of carbonyl (C=O) groups excluding carboxylic acids is 2. The number of amides is 1. The largest absolute Gasteiger partial charge is 0.465 e. The van der Waals surface area contributed by atoms with Crippen molar-refractivity contribution in [1.29, 1.82) is 0 Å². The second-order valence-corrected chi connectivity index (χ2v) is 6.28. The molecule has 0 aliphatic rings. The second kappa shape index (κ2) is 7.97. The lowest BCUT2D eigenvalue weighted by Gasteiger charge is -2.01. The minimum Gasteiger partial charge on any atom is -0.465 e. The van der Waals surface area contributed by atoms with Crippen LogP contribution in [0.15, 0.2) is 22.5 Å². The van der Waals surface area contributed by atoms with Gasteiger partial charge in [0.05, 0.1) is 12.4 Å². The highest BCUT2D eigenvalue weighted by Crippen LogP contribution is 2.25. The number of hydrogen-bond donors (Lipinski definition) is 1. The molecule has 0 aliphatic carbocycles. The van der Waals surface area contributed by atoms with Crippen LogP contribution in [0.4, 0.5) is 13.9 Å². The number of nitrogens with one attached hydrogen (secondary N) is 1. The summed E-state index contributed by atoms with van der Waals surface area (Å²) in [5.41, 5.74) is -0.168. The van der Waals surface area contributed by atoms with Crippen molar-refractivity contribution < 1.29 is 23.1 Å². The molecule has 2 aromatic rings. The Bertz CT molecular complexity index is 704. The minimum absolute atomic E-state index is 0.0749. The first-order chi connectivity index (χ1) is 11.0. The Balaban J connectivity index is 1.95. The van der Waals surface area contributed by atoms with Gasteiger partial charge in [-0.25, -0.2) is 8.78 Å². The van der Waals surface area contributed by atoms with Gasteiger partial charge < -0.3 is 4.74 Å². The number of ether oxygens (including phenoxy) is 1. The van der Waals surface area contributed by atoms with Gasteiger partial charge in [0, 0.05) is 11.6 Å². The van der Waals surface area contributed by atoms with E-state index in [1.54, 1.807) is 6.92 Å². The van der Waals surface area contributed by atoms with Crippen LogP contribution in [0.2, 0.25) is 0 Å². The smallest absolute Gasteiger partial charge is 0.316 e. The lowest BCUT2D eigenvalue weighted by Crippen LogP contribution is -2.12. The third-order valence-corrected chi connectivity index (χ3v) is 4.32. The van der Waals surface area contributed by atoms with E-state index in [1.807, 2.05) is 0 Å². The molecule has 0 saturated heterocycles. The van der Waals surface area contributed by atoms with Crippen LogP contribution < -0.4 is 5.32 Å². The zero-order chi connectivity index (χ0) is 16.8. The summed E-state index contributed by atoms with van der Waals surface area (Å²) < 4.78 is 31.4. The Kier molecular flexibility index (Phi) is 5.99. The molecule has 1 aromatic heterocycles. The molecule has 6 nitrogen and oxygen atoms in total. The van der Waals surface area contributed by atoms with Crippen molar-refractivity contribution in [3.63, 3.8) is 0 Å². The van der Waals surface area contributed by atoms with Crippen LogP contribution in [-0.4, -0.2) is 34.4 Å². The van der Waals surface area contributed by atoms with Gasteiger partial charge in [-0.2, -0.15) is 0 Å². The average Bonchev–Trinajstić information content (AvgIpc) is 2.92. The first kappa shape index (κ1) is 17.3. The van der Waals surface area contributed by atoms with Crippen molar-refractivity contribution in [2.75, 3.05) is 17.7 Å². The van der Waals surface area contributed by atoms with Gasteiger partial charge in [0.2, 0.25) is 5.13 Å². The van der Waals surface area contributed by atoms with Gasteiger partial charge in [0.25, 0.3) is 5.91 Å². The molecule has 122 valence electrons. The lowest BCUT2D eigenvalue weighted by atomic mass is 10.2. The summed E-state index contributed by atoms with van der Waals surface area (Å²) in [6.45, 7) is 2.00. The van der Waals surface area contributed by atoms with E-state index in [9.17, 15) is 18.4 Å². The fourth-order valence-corrected chi connectivity index (χ4v) is 3.04. The standard InChI is InChI=1S/C13H11F2N3O3S2/c1-2-21-10(19)6-22-13-18-17-12(23-13)16-11(20)7-3-8(14)5-9(15)4-7/h3-5H,2,6H2,1H3,(H,16,17,20). The number of rotatable bonds is 6. The fraction of sp³-hybridized carbons (Fsp3) is 0.231. The quantitative estimate of drug-likeness (QED) is 0.485. The third kappa shape index (κ3) is 5.25. The highest BCUT2D eigenvalue weighted by atomic mass is 32.2. The molecule has 0 radical (unpaired) electrons. The summed E-state index contributed by atoms with van der Waals surface area (Å²) in [6, 6.07) is 2.50. The summed E-state index contributed by atoms with van der Waals surface area (Å²) in [7, 11) is 0. The molecule has 1 N–H and O–H groups in total. The van der Waals surface area contributed by atoms with Crippen LogP contribution in [0, 0.1) is 11.6 Å². The Hall–Kier alpha value is -2.07. The SMILES string of the molecule is CCOC(=O)CSc1nnc(NC(=O)c2cc(F)cc(F)c2)s1. The zero-order valence-electron chi connectivity index (χ0n) is 11.8. The van der Waals surface area contributed by atoms with Gasteiger partial charge >= 0.3 is 5.97 Å². The molecule has 0 saturated carbocycles. The number of nitrogens with zero attached hydrogens (tertiary/aromatic N) is 2. The summed E-state index contributed by atoms with van der Waals surface area (Å²) in [6.07, 6.45) is 0. The van der Waals surface area contributed by atoms with Crippen molar-refractivity contribution in [1.82, 2.24) is 10.2 Å². The van der Waals surface area contributed by atoms with Crippen LogP contribution in [0.3, 0.4) is 0 Å². The maximum Gasteiger partial charge on any atom is 0.316 e. The monoisotopic (exact) mass is 359 g/mol. The molecule has 2 rings (SSSR count). The van der Waals surface area contributed by atoms with E-state index in [4.69, 9.17) is 4.74 Å². The first-order valence-corrected chi connectivity index (χ1v) is 8.17. The molecule has 0 aliphatic heterocycles. The van der Waals surface area contributed by atoms with Gasteiger partial charge in [0.1, 0.15) is 11.6 Å². The number of aromatic nitrogens is 2. The number of esters is 1. The first-order valence-electron chi connectivity index (χ1n) is 6.37. The predicted octanol–water partition coefficient (Wildman–Crippen LogP) is 2.72. The Morgan fingerprint density at radius 1 is 1.26 bits per heavy atom. The van der Waals surface area contributed by atoms with E-state index < -0.39 is 17.5 Å². The molecule has 1 aromatic carbocycles. The molecule has 1 heterocycles. The molecule has 10 heteroatoms. The van der Waals surface area contributed by atoms with Gasteiger partial charge in [-0.1, -0.05) is 23.1 Å². The van der Waals surface area contributed by atoms with Crippen LogP contribution in [0.25, 0.3) is 0 Å². The average molecular weight is 359 g/mol. The van der Waals surface area contributed by atoms with Crippen LogP contribution >= 0.6 is 23.1 Å². The number of thioether (sulfide) groups is 1. The summed E-state index contributed by atoms with van der Waals surface area (Å²) in [5, 5.41) is 10.1. The molecule has 0 bridgehead atoms. The number of halogens is 2. The Morgan fingerprint density at radius 2 is 1.96 bits per heavy atom. The molecule has 1 amide bonds. The maximum absolute atomic E-state index is 13.1. The van der Waals surface area contributed by atoms with Crippen LogP contribution in [0.5, 0.6) is 0 Å². The van der Waals surface area contributed by atoms with Crippen LogP contribution in [-0.2, 0) is 9.53 Å². The van der Waals surface area contributed by atoms with E-state index in [-0.39, 0.29) is 22.4 Å². The number of carbonyl (C=O) groups is 2. The summed E-state index contributed by atoms with van der Waals surface area (Å²) in [4.78, 5) is 23.1. The molecular weight excluding hydrogens is 348 g/mol. The Morgan fingerprint density at radius 3 is 2.61 bits per heavy atom. The predicted molar refractivity (Wildman–Crippen MR) is 81.6 cm³/mol. The van der Waals surface area contributed by atoms with E-state index in [0.717, 1.165) is 35.2 Å². The minimum atomic E-state index is -0.849. The van der Waals surface area contributed by atoms with Crippen molar-refractivity contribution in [3.05, 3.63) is 35.4 Å². The number of anilines is 1. The van der Waals surface area contributed by atoms with E-state index in [1.165, 1.54) is 0 Å². The summed E-state index contributed by atoms with van der Waals surface area (Å²) >= 11 is 2.15. The van der Waals surface area contributed by atoms with E-state index >= 15 is 0 Å². The fourth-order valence-electron chi connectivity index (χ4n) is 1.50. The van der Waals surface area contributed by atoms with Gasteiger partial charge in [-0.05, 0) is 19.1 Å². The maximum atomic E-state index is 13.1. The van der Waals surface area contributed by atoms with Crippen LogP contribution in [0.1, 0.15) is 17.3 Å². The Labute approximate surface area is 138 Å². The molecule has 0 spiro atoms. The van der Waals surface area contributed by atoms with Gasteiger partial charge in [-0.15, -0.1) is 10.2 Å². The zero-order valence-corrected chi connectivity index (χ0v) is 13.5. The normalized spacial score (nSPS) is 10.4. The van der Waals surface area contributed by atoms with Gasteiger partial charge in [-0.3, -0.25) is 14.9 Å². The molecule has 0 atom stereocenters.